The van der Waals surface area contributed by atoms with E-state index in [0.717, 1.165) is 0 Å². The Hall–Kier alpha value is -2.73. The van der Waals surface area contributed by atoms with Gasteiger partial charge < -0.3 is 26.3 Å². The molecule has 0 fully saturated rings. The lowest BCUT2D eigenvalue weighted by molar-refractivity contribution is -0.117. The highest BCUT2D eigenvalue weighted by Crippen LogP contribution is 2.30. The van der Waals surface area contributed by atoms with Crippen LogP contribution < -0.4 is 26.3 Å². The van der Waals surface area contributed by atoms with Gasteiger partial charge in [0.05, 0.1) is 18.8 Å². The molecular weight excluding hydrogens is 294 g/mol. The lowest BCUT2D eigenvalue weighted by Crippen LogP contribution is -2.34. The van der Waals surface area contributed by atoms with Gasteiger partial charge in [-0.15, -0.1) is 0 Å². The number of amides is 1. The number of benzene rings is 2. The van der Waals surface area contributed by atoms with Crippen LogP contribution in [0.5, 0.6) is 17.2 Å². The average Bonchev–Trinajstić information content (AvgIpc) is 2.57. The van der Waals surface area contributed by atoms with Gasteiger partial charge in [0.15, 0.2) is 0 Å². The maximum Gasteiger partial charge on any atom is 0.241 e. The Balaban J connectivity index is 2.04. The van der Waals surface area contributed by atoms with Gasteiger partial charge in [0.2, 0.25) is 5.91 Å². The third kappa shape index (κ3) is 4.37. The summed E-state index contributed by atoms with van der Waals surface area (Å²) in [4.78, 5) is 11.7. The first-order valence-electron chi connectivity index (χ1n) is 7.31. The Kier molecular flexibility index (Phi) is 5.43. The summed E-state index contributed by atoms with van der Waals surface area (Å²) in [7, 11) is 1.55. The second-order valence-electron chi connectivity index (χ2n) is 5.03. The first-order chi connectivity index (χ1) is 11.0. The summed E-state index contributed by atoms with van der Waals surface area (Å²) in [5.74, 6) is 1.60. The standard InChI is InChI=1S/C17H21N3O3/c1-3-14(18)17(21)20-11-4-6-12(7-5-11)23-13-8-9-15(19)16(10-13)22-2/h4-10,14H,3,18-19H2,1-2H3,(H,20,21)/t14-/m1/s1. The van der Waals surface area contributed by atoms with Crippen LogP contribution >= 0.6 is 0 Å². The van der Waals surface area contributed by atoms with Gasteiger partial charge in [0, 0.05) is 11.8 Å². The molecule has 1 amide bonds. The zero-order chi connectivity index (χ0) is 16.8. The number of nitrogen functional groups attached to an aromatic ring is 1. The topological polar surface area (TPSA) is 99.6 Å². The summed E-state index contributed by atoms with van der Waals surface area (Å²) in [6.07, 6.45) is 0.589. The van der Waals surface area contributed by atoms with Gasteiger partial charge in [-0.2, -0.15) is 0 Å². The smallest absolute Gasteiger partial charge is 0.241 e. The van der Waals surface area contributed by atoms with E-state index >= 15 is 0 Å². The molecule has 0 saturated heterocycles. The van der Waals surface area contributed by atoms with E-state index in [2.05, 4.69) is 5.32 Å². The first kappa shape index (κ1) is 16.6. The van der Waals surface area contributed by atoms with E-state index < -0.39 is 6.04 Å². The molecule has 2 aromatic rings. The van der Waals surface area contributed by atoms with Gasteiger partial charge in [0.1, 0.15) is 17.2 Å². The fourth-order valence-corrected chi connectivity index (χ4v) is 1.92. The third-order valence-electron chi connectivity index (χ3n) is 3.34. The largest absolute Gasteiger partial charge is 0.494 e. The fourth-order valence-electron chi connectivity index (χ4n) is 1.92. The van der Waals surface area contributed by atoms with Crippen LogP contribution in [0.2, 0.25) is 0 Å². The van der Waals surface area contributed by atoms with Crippen LogP contribution in [0.1, 0.15) is 13.3 Å². The van der Waals surface area contributed by atoms with Crippen molar-refractivity contribution in [2.75, 3.05) is 18.2 Å². The molecule has 0 radical (unpaired) electrons. The number of nitrogens with one attached hydrogen (secondary N) is 1. The van der Waals surface area contributed by atoms with Crippen molar-refractivity contribution < 1.29 is 14.3 Å². The zero-order valence-electron chi connectivity index (χ0n) is 13.2. The van der Waals surface area contributed by atoms with Gasteiger partial charge in [-0.05, 0) is 42.8 Å². The van der Waals surface area contributed by atoms with Crippen LogP contribution in [-0.4, -0.2) is 19.1 Å². The Labute approximate surface area is 135 Å². The molecule has 0 aliphatic heterocycles. The van der Waals surface area contributed by atoms with Crippen LogP contribution in [0.3, 0.4) is 0 Å². The Bertz CT molecular complexity index is 671. The van der Waals surface area contributed by atoms with E-state index in [0.29, 0.717) is 35.0 Å². The predicted octanol–water partition coefficient (Wildman–Crippen LogP) is 2.75. The first-order valence-corrected chi connectivity index (χ1v) is 7.31. The van der Waals surface area contributed by atoms with Gasteiger partial charge in [-0.25, -0.2) is 0 Å². The molecule has 6 nitrogen and oxygen atoms in total. The van der Waals surface area contributed by atoms with Gasteiger partial charge in [-0.3, -0.25) is 4.79 Å². The number of rotatable bonds is 6. The molecule has 5 N–H and O–H groups in total. The average molecular weight is 315 g/mol. The van der Waals surface area contributed by atoms with Crippen molar-refractivity contribution in [2.45, 2.75) is 19.4 Å². The Morgan fingerprint density at radius 1 is 1.17 bits per heavy atom. The summed E-state index contributed by atoms with van der Waals surface area (Å²) in [6.45, 7) is 1.86. The van der Waals surface area contributed by atoms with Crippen molar-refractivity contribution >= 4 is 17.3 Å². The molecular formula is C17H21N3O3. The highest BCUT2D eigenvalue weighted by molar-refractivity contribution is 5.94. The van der Waals surface area contributed by atoms with Crippen LogP contribution in [0.15, 0.2) is 42.5 Å². The van der Waals surface area contributed by atoms with Crippen molar-refractivity contribution in [3.63, 3.8) is 0 Å². The van der Waals surface area contributed by atoms with Gasteiger partial charge >= 0.3 is 0 Å². The lowest BCUT2D eigenvalue weighted by Gasteiger charge is -2.11. The SMILES string of the molecule is CC[C@@H](N)C(=O)Nc1ccc(Oc2ccc(N)c(OC)c2)cc1. The monoisotopic (exact) mass is 315 g/mol. The van der Waals surface area contributed by atoms with Gasteiger partial charge in [0.25, 0.3) is 0 Å². The molecule has 122 valence electrons. The summed E-state index contributed by atoms with van der Waals surface area (Å²) >= 11 is 0. The molecule has 0 saturated carbocycles. The Morgan fingerprint density at radius 3 is 2.43 bits per heavy atom. The van der Waals surface area contributed by atoms with E-state index in [1.807, 2.05) is 6.92 Å². The number of carbonyl (C=O) groups is 1. The number of methoxy groups -OCH3 is 1. The Morgan fingerprint density at radius 2 is 1.83 bits per heavy atom. The molecule has 23 heavy (non-hydrogen) atoms. The zero-order valence-corrected chi connectivity index (χ0v) is 13.2. The lowest BCUT2D eigenvalue weighted by atomic mass is 10.2. The molecule has 6 heteroatoms. The number of hydrogen-bond donors (Lipinski definition) is 3. The predicted molar refractivity (Wildman–Crippen MR) is 90.8 cm³/mol. The maximum absolute atomic E-state index is 11.7. The molecule has 0 bridgehead atoms. The molecule has 2 rings (SSSR count). The third-order valence-corrected chi connectivity index (χ3v) is 3.34. The number of hydrogen-bond acceptors (Lipinski definition) is 5. The van der Waals surface area contributed by atoms with E-state index in [-0.39, 0.29) is 5.91 Å². The summed E-state index contributed by atoms with van der Waals surface area (Å²) < 4.78 is 10.9. The molecule has 0 aromatic heterocycles. The maximum atomic E-state index is 11.7. The van der Waals surface area contributed by atoms with Crippen LogP contribution in [0.4, 0.5) is 11.4 Å². The van der Waals surface area contributed by atoms with Crippen LogP contribution in [0, 0.1) is 0 Å². The number of nitrogens with two attached hydrogens (primary N) is 2. The second kappa shape index (κ2) is 7.51. The molecule has 0 aliphatic rings. The van der Waals surface area contributed by atoms with E-state index in [4.69, 9.17) is 20.9 Å². The van der Waals surface area contributed by atoms with Crippen molar-refractivity contribution in [1.82, 2.24) is 0 Å². The molecule has 0 unspecified atom stereocenters. The van der Waals surface area contributed by atoms with E-state index in [1.165, 1.54) is 0 Å². The quantitative estimate of drug-likeness (QED) is 0.712. The van der Waals surface area contributed by atoms with Crippen molar-refractivity contribution in [3.05, 3.63) is 42.5 Å². The molecule has 0 aliphatic carbocycles. The molecule has 2 aromatic carbocycles. The van der Waals surface area contributed by atoms with E-state index in [9.17, 15) is 4.79 Å². The normalized spacial score (nSPS) is 11.6. The highest BCUT2D eigenvalue weighted by Gasteiger charge is 2.11. The van der Waals surface area contributed by atoms with Crippen LogP contribution in [0.25, 0.3) is 0 Å². The van der Waals surface area contributed by atoms with Crippen LogP contribution in [-0.2, 0) is 4.79 Å². The second-order valence-corrected chi connectivity index (χ2v) is 5.03. The van der Waals surface area contributed by atoms with Crippen molar-refractivity contribution in [2.24, 2.45) is 5.73 Å². The van der Waals surface area contributed by atoms with Crippen molar-refractivity contribution in [3.8, 4) is 17.2 Å². The minimum absolute atomic E-state index is 0.204. The molecule has 1 atom stereocenters. The number of carbonyl (C=O) groups excluding carboxylic acids is 1. The molecule has 0 heterocycles. The molecule has 0 spiro atoms. The minimum Gasteiger partial charge on any atom is -0.494 e. The summed E-state index contributed by atoms with van der Waals surface area (Å²) in [6, 6.07) is 11.7. The number of anilines is 2. The number of ether oxygens (including phenoxy) is 2. The minimum atomic E-state index is -0.506. The summed E-state index contributed by atoms with van der Waals surface area (Å²) in [5, 5.41) is 2.75. The van der Waals surface area contributed by atoms with Gasteiger partial charge in [-0.1, -0.05) is 6.92 Å². The van der Waals surface area contributed by atoms with Crippen molar-refractivity contribution in [1.29, 1.82) is 0 Å². The highest BCUT2D eigenvalue weighted by atomic mass is 16.5. The summed E-state index contributed by atoms with van der Waals surface area (Å²) in [5.41, 5.74) is 12.7. The van der Waals surface area contributed by atoms with E-state index in [1.54, 1.807) is 49.6 Å². The fraction of sp³-hybridized carbons (Fsp3) is 0.235.